The molecular weight excluding hydrogens is 341 g/mol. The molecule has 0 saturated carbocycles. The van der Waals surface area contributed by atoms with Crippen molar-refractivity contribution < 1.29 is 9.18 Å². The van der Waals surface area contributed by atoms with Crippen LogP contribution in [0.25, 0.3) is 0 Å². The second-order valence-corrected chi connectivity index (χ2v) is 7.26. The van der Waals surface area contributed by atoms with E-state index in [1.165, 1.54) is 18.6 Å². The molecule has 0 radical (unpaired) electrons. The van der Waals surface area contributed by atoms with Gasteiger partial charge in [-0.1, -0.05) is 48.9 Å². The number of amides is 1. The molecule has 0 N–H and O–H groups in total. The molecule has 140 valence electrons. The van der Waals surface area contributed by atoms with E-state index in [-0.39, 0.29) is 17.8 Å². The zero-order valence-electron chi connectivity index (χ0n) is 15.4. The first kappa shape index (κ1) is 17.9. The van der Waals surface area contributed by atoms with Gasteiger partial charge in [-0.15, -0.1) is 0 Å². The summed E-state index contributed by atoms with van der Waals surface area (Å²) in [5, 5.41) is 6.30. The number of likely N-dealkylation sites (tertiary alicyclic amines) is 1. The largest absolute Gasteiger partial charge is 0.294 e. The van der Waals surface area contributed by atoms with Crippen LogP contribution in [0.2, 0.25) is 0 Å². The molecule has 1 amide bonds. The Morgan fingerprint density at radius 3 is 2.41 bits per heavy atom. The summed E-state index contributed by atoms with van der Waals surface area (Å²) in [5.74, 6) is -0.260. The molecule has 1 atom stereocenters. The van der Waals surface area contributed by atoms with Gasteiger partial charge in [0.2, 0.25) is 0 Å². The highest BCUT2D eigenvalue weighted by Crippen LogP contribution is 2.33. The average molecular weight is 365 g/mol. The van der Waals surface area contributed by atoms with Crippen LogP contribution in [0.5, 0.6) is 0 Å². The van der Waals surface area contributed by atoms with Crippen molar-refractivity contribution in [1.82, 2.24) is 9.91 Å². The van der Waals surface area contributed by atoms with Crippen LogP contribution in [0.15, 0.2) is 59.7 Å². The minimum Gasteiger partial charge on any atom is -0.294 e. The molecule has 2 aromatic carbocycles. The van der Waals surface area contributed by atoms with Gasteiger partial charge in [0.05, 0.1) is 18.3 Å². The number of carbonyl (C=O) groups excluding carboxylic acids is 1. The molecule has 27 heavy (non-hydrogen) atoms. The highest BCUT2D eigenvalue weighted by molar-refractivity contribution is 6.03. The standard InChI is InChI=1S/C22H24FN3O/c23-19-11-9-18(10-12-19)21-15-20(17-7-3-1-4-8-17)24-26(21)22(27)16-25-13-5-2-6-14-25/h1,3-4,7-12,21H,2,5-6,13-16H2/t21-/m0/s1. The monoisotopic (exact) mass is 365 g/mol. The van der Waals surface area contributed by atoms with Gasteiger partial charge in [-0.3, -0.25) is 9.69 Å². The number of nitrogens with zero attached hydrogens (tertiary/aromatic N) is 3. The number of benzene rings is 2. The van der Waals surface area contributed by atoms with Crippen LogP contribution in [0, 0.1) is 5.82 Å². The van der Waals surface area contributed by atoms with E-state index in [0.717, 1.165) is 42.8 Å². The van der Waals surface area contributed by atoms with E-state index in [9.17, 15) is 9.18 Å². The molecule has 2 aliphatic rings. The van der Waals surface area contributed by atoms with E-state index in [4.69, 9.17) is 0 Å². The molecule has 2 aromatic rings. The Bertz CT molecular complexity index is 813. The molecule has 5 heteroatoms. The van der Waals surface area contributed by atoms with Crippen molar-refractivity contribution in [2.24, 2.45) is 5.10 Å². The van der Waals surface area contributed by atoms with Crippen molar-refractivity contribution in [3.05, 3.63) is 71.5 Å². The van der Waals surface area contributed by atoms with Crippen LogP contribution >= 0.6 is 0 Å². The Morgan fingerprint density at radius 2 is 1.70 bits per heavy atom. The Labute approximate surface area is 159 Å². The number of rotatable bonds is 4. The summed E-state index contributed by atoms with van der Waals surface area (Å²) in [6.45, 7) is 2.33. The topological polar surface area (TPSA) is 35.9 Å². The third-order valence-corrected chi connectivity index (χ3v) is 5.34. The zero-order chi connectivity index (χ0) is 18.6. The van der Waals surface area contributed by atoms with Gasteiger partial charge in [0.25, 0.3) is 5.91 Å². The SMILES string of the molecule is O=C(CN1CCCCC1)N1N=C(c2ccccc2)C[C@H]1c1ccc(F)cc1. The number of hydrazone groups is 1. The lowest BCUT2D eigenvalue weighted by Crippen LogP contribution is -2.40. The van der Waals surface area contributed by atoms with Gasteiger partial charge < -0.3 is 0 Å². The fraction of sp³-hybridized carbons (Fsp3) is 0.364. The minimum atomic E-state index is -0.271. The lowest BCUT2D eigenvalue weighted by Gasteiger charge is -2.29. The van der Waals surface area contributed by atoms with Gasteiger partial charge in [-0.25, -0.2) is 9.40 Å². The van der Waals surface area contributed by atoms with Crippen LogP contribution in [0.3, 0.4) is 0 Å². The van der Waals surface area contributed by atoms with Crippen LogP contribution in [0.1, 0.15) is 42.9 Å². The summed E-state index contributed by atoms with van der Waals surface area (Å²) < 4.78 is 13.4. The molecule has 2 aliphatic heterocycles. The fourth-order valence-electron chi connectivity index (χ4n) is 3.87. The fourth-order valence-corrected chi connectivity index (χ4v) is 3.87. The highest BCUT2D eigenvalue weighted by Gasteiger charge is 2.33. The molecule has 1 saturated heterocycles. The summed E-state index contributed by atoms with van der Waals surface area (Å²) in [7, 11) is 0. The molecule has 4 nitrogen and oxygen atoms in total. The van der Waals surface area contributed by atoms with E-state index >= 15 is 0 Å². The Kier molecular flexibility index (Phi) is 5.30. The van der Waals surface area contributed by atoms with Gasteiger partial charge in [0, 0.05) is 6.42 Å². The Hall–Kier alpha value is -2.53. The van der Waals surface area contributed by atoms with Gasteiger partial charge in [-0.05, 0) is 49.2 Å². The molecule has 0 spiro atoms. The van der Waals surface area contributed by atoms with Gasteiger partial charge in [-0.2, -0.15) is 5.10 Å². The van der Waals surface area contributed by atoms with E-state index in [1.54, 1.807) is 17.1 Å². The highest BCUT2D eigenvalue weighted by atomic mass is 19.1. The third-order valence-electron chi connectivity index (χ3n) is 5.34. The summed E-state index contributed by atoms with van der Waals surface area (Å²) in [4.78, 5) is 15.3. The van der Waals surface area contributed by atoms with E-state index in [0.29, 0.717) is 13.0 Å². The maximum atomic E-state index is 13.4. The summed E-state index contributed by atoms with van der Waals surface area (Å²) in [5.41, 5.74) is 2.84. The molecule has 1 fully saturated rings. The normalized spacial score (nSPS) is 20.6. The minimum absolute atomic E-state index is 0.0113. The summed E-state index contributed by atoms with van der Waals surface area (Å²) in [6.07, 6.45) is 4.17. The predicted molar refractivity (Wildman–Crippen MR) is 104 cm³/mol. The van der Waals surface area contributed by atoms with Crippen LogP contribution in [-0.4, -0.2) is 41.2 Å². The quantitative estimate of drug-likeness (QED) is 0.821. The smallest absolute Gasteiger partial charge is 0.257 e. The molecule has 0 bridgehead atoms. The number of hydrogen-bond acceptors (Lipinski definition) is 3. The lowest BCUT2D eigenvalue weighted by molar-refractivity contribution is -0.134. The van der Waals surface area contributed by atoms with Gasteiger partial charge in [0.15, 0.2) is 0 Å². The van der Waals surface area contributed by atoms with E-state index in [2.05, 4.69) is 10.0 Å². The van der Waals surface area contributed by atoms with Crippen molar-refractivity contribution >= 4 is 11.6 Å². The van der Waals surface area contributed by atoms with Gasteiger partial charge >= 0.3 is 0 Å². The first-order chi connectivity index (χ1) is 13.2. The molecule has 4 rings (SSSR count). The molecule has 0 aliphatic carbocycles. The van der Waals surface area contributed by atoms with Crippen molar-refractivity contribution in [3.63, 3.8) is 0 Å². The maximum absolute atomic E-state index is 13.4. The lowest BCUT2D eigenvalue weighted by atomic mass is 9.98. The predicted octanol–water partition coefficient (Wildman–Crippen LogP) is 3.99. The van der Waals surface area contributed by atoms with Crippen molar-refractivity contribution in [1.29, 1.82) is 0 Å². The maximum Gasteiger partial charge on any atom is 0.257 e. The first-order valence-corrected chi connectivity index (χ1v) is 9.63. The molecular formula is C22H24FN3O. The third kappa shape index (κ3) is 4.08. The number of halogens is 1. The van der Waals surface area contributed by atoms with Crippen LogP contribution < -0.4 is 0 Å². The van der Waals surface area contributed by atoms with Crippen LogP contribution in [-0.2, 0) is 4.79 Å². The Balaban J connectivity index is 1.59. The van der Waals surface area contributed by atoms with Gasteiger partial charge in [0.1, 0.15) is 5.82 Å². The van der Waals surface area contributed by atoms with Crippen LogP contribution in [0.4, 0.5) is 4.39 Å². The van der Waals surface area contributed by atoms with E-state index < -0.39 is 0 Å². The van der Waals surface area contributed by atoms with Crippen molar-refractivity contribution in [2.45, 2.75) is 31.7 Å². The van der Waals surface area contributed by atoms with Crippen molar-refractivity contribution in [3.8, 4) is 0 Å². The van der Waals surface area contributed by atoms with E-state index in [1.807, 2.05) is 30.3 Å². The molecule has 0 unspecified atom stereocenters. The summed E-state index contributed by atoms with van der Waals surface area (Å²) in [6, 6.07) is 16.2. The number of piperidine rings is 1. The average Bonchev–Trinajstić information content (AvgIpc) is 3.16. The number of hydrogen-bond donors (Lipinski definition) is 0. The first-order valence-electron chi connectivity index (χ1n) is 9.63. The second kappa shape index (κ2) is 8.01. The molecule has 0 aromatic heterocycles. The second-order valence-electron chi connectivity index (χ2n) is 7.26. The zero-order valence-corrected chi connectivity index (χ0v) is 15.4. The number of carbonyl (C=O) groups is 1. The Morgan fingerprint density at radius 1 is 1.00 bits per heavy atom. The van der Waals surface area contributed by atoms with Crippen molar-refractivity contribution in [2.75, 3.05) is 19.6 Å². The molecule has 2 heterocycles. The summed E-state index contributed by atoms with van der Waals surface area (Å²) >= 11 is 0.